The van der Waals surface area contributed by atoms with Gasteiger partial charge in [-0.05, 0) is 66.3 Å². The molecule has 0 bridgehead atoms. The summed E-state index contributed by atoms with van der Waals surface area (Å²) in [5.41, 5.74) is 4.59. The maximum Gasteiger partial charge on any atom is 0.230 e. The number of halogens is 1. The third-order valence-electron chi connectivity index (χ3n) is 4.50. The third-order valence-corrected chi connectivity index (χ3v) is 5.76. The van der Waals surface area contributed by atoms with Crippen LogP contribution in [-0.2, 0) is 10.5 Å². The summed E-state index contributed by atoms with van der Waals surface area (Å²) in [7, 11) is 1.70. The van der Waals surface area contributed by atoms with E-state index in [0.29, 0.717) is 11.7 Å². The number of amides is 1. The lowest BCUT2D eigenvalue weighted by atomic mass is 9.93. The second kappa shape index (κ2) is 10.0. The number of carbonyl (C=O) groups is 1. The van der Waals surface area contributed by atoms with Gasteiger partial charge in [0.15, 0.2) is 0 Å². The molecule has 0 spiro atoms. The van der Waals surface area contributed by atoms with E-state index in [0.717, 1.165) is 38.8 Å². The summed E-state index contributed by atoms with van der Waals surface area (Å²) in [5, 5.41) is 3.84. The van der Waals surface area contributed by atoms with Gasteiger partial charge in [0, 0.05) is 10.8 Å². The quantitative estimate of drug-likeness (QED) is 0.594. The summed E-state index contributed by atoms with van der Waals surface area (Å²) in [6.45, 7) is 8.38. The Kier molecular flexibility index (Phi) is 8.06. The predicted molar refractivity (Wildman–Crippen MR) is 116 cm³/mol. The van der Waals surface area contributed by atoms with Gasteiger partial charge in [0.1, 0.15) is 5.75 Å². The largest absolute Gasteiger partial charge is 0.496 e. The number of methoxy groups -OCH3 is 1. The summed E-state index contributed by atoms with van der Waals surface area (Å²) in [6.07, 6.45) is 0. The topological polar surface area (TPSA) is 38.3 Å². The molecule has 1 atom stereocenters. The van der Waals surface area contributed by atoms with Crippen LogP contribution in [0.3, 0.4) is 0 Å². The van der Waals surface area contributed by atoms with Gasteiger partial charge in [-0.25, -0.2) is 0 Å². The molecule has 0 saturated heterocycles. The average Bonchev–Trinajstić information content (AvgIpc) is 2.62. The molecule has 5 heteroatoms. The van der Waals surface area contributed by atoms with E-state index >= 15 is 0 Å². The fourth-order valence-corrected chi connectivity index (χ4v) is 3.94. The number of aryl methyl sites for hydroxylation is 1. The van der Waals surface area contributed by atoms with Gasteiger partial charge in [-0.1, -0.05) is 37.6 Å². The lowest BCUT2D eigenvalue weighted by molar-refractivity contribution is -0.119. The summed E-state index contributed by atoms with van der Waals surface area (Å²) in [4.78, 5) is 12.3. The van der Waals surface area contributed by atoms with E-state index in [-0.39, 0.29) is 11.9 Å². The van der Waals surface area contributed by atoms with Crippen molar-refractivity contribution in [1.82, 2.24) is 5.32 Å². The third kappa shape index (κ3) is 6.18. The molecule has 0 radical (unpaired) electrons. The van der Waals surface area contributed by atoms with E-state index in [9.17, 15) is 4.79 Å². The monoisotopic (exact) mass is 405 g/mol. The zero-order chi connectivity index (χ0) is 20.0. The van der Waals surface area contributed by atoms with Crippen molar-refractivity contribution in [3.63, 3.8) is 0 Å². The molecule has 1 unspecified atom stereocenters. The minimum absolute atomic E-state index is 0.0442. The van der Waals surface area contributed by atoms with Gasteiger partial charge in [-0.15, -0.1) is 11.8 Å². The van der Waals surface area contributed by atoms with Crippen molar-refractivity contribution < 1.29 is 9.53 Å². The summed E-state index contributed by atoms with van der Waals surface area (Å²) >= 11 is 7.50. The maximum absolute atomic E-state index is 12.3. The summed E-state index contributed by atoms with van der Waals surface area (Å²) < 4.78 is 5.51. The molecule has 2 aromatic carbocycles. The first kappa shape index (κ1) is 21.6. The molecule has 3 nitrogen and oxygen atoms in total. The molecular formula is C22H28ClNO2S. The highest BCUT2D eigenvalue weighted by molar-refractivity contribution is 7.99. The Balaban J connectivity index is 1.95. The van der Waals surface area contributed by atoms with Crippen molar-refractivity contribution in [2.45, 2.75) is 45.4 Å². The van der Waals surface area contributed by atoms with Crippen LogP contribution in [0.4, 0.5) is 0 Å². The van der Waals surface area contributed by atoms with Crippen molar-refractivity contribution in [1.29, 1.82) is 0 Å². The average molecular weight is 406 g/mol. The molecule has 0 fully saturated rings. The Bertz CT molecular complexity index is 775. The van der Waals surface area contributed by atoms with Crippen LogP contribution in [-0.4, -0.2) is 18.8 Å². The number of benzene rings is 2. The molecule has 0 heterocycles. The van der Waals surface area contributed by atoms with E-state index in [1.54, 1.807) is 18.9 Å². The minimum atomic E-state index is -0.0444. The standard InChI is InChI=1S/C22H28ClNO2S/c1-14(2)19-11-20(15(3)10-21(19)26-5)16(4)24-22(25)13-27-12-17-6-8-18(23)9-7-17/h6-11,14,16H,12-13H2,1-5H3,(H,24,25). The highest BCUT2D eigenvalue weighted by atomic mass is 35.5. The Morgan fingerprint density at radius 2 is 1.81 bits per heavy atom. The second-order valence-electron chi connectivity index (χ2n) is 7.01. The molecule has 0 aliphatic rings. The van der Waals surface area contributed by atoms with Crippen LogP contribution in [0.5, 0.6) is 5.75 Å². The van der Waals surface area contributed by atoms with Crippen LogP contribution in [0.2, 0.25) is 5.02 Å². The zero-order valence-electron chi connectivity index (χ0n) is 16.6. The number of hydrogen-bond donors (Lipinski definition) is 1. The fourth-order valence-electron chi connectivity index (χ4n) is 3.01. The van der Waals surface area contributed by atoms with Crippen molar-refractivity contribution in [3.05, 3.63) is 63.7 Å². The smallest absolute Gasteiger partial charge is 0.230 e. The van der Waals surface area contributed by atoms with E-state index in [1.807, 2.05) is 31.2 Å². The van der Waals surface area contributed by atoms with E-state index < -0.39 is 0 Å². The van der Waals surface area contributed by atoms with Crippen molar-refractivity contribution >= 4 is 29.3 Å². The number of carbonyl (C=O) groups excluding carboxylic acids is 1. The highest BCUT2D eigenvalue weighted by Gasteiger charge is 2.16. The van der Waals surface area contributed by atoms with Gasteiger partial charge >= 0.3 is 0 Å². The van der Waals surface area contributed by atoms with Gasteiger partial charge in [-0.2, -0.15) is 0 Å². The Labute approximate surface area is 171 Å². The normalized spacial score (nSPS) is 12.1. The SMILES string of the molecule is COc1cc(C)c(C(C)NC(=O)CSCc2ccc(Cl)cc2)cc1C(C)C. The van der Waals surface area contributed by atoms with Gasteiger partial charge in [0.05, 0.1) is 18.9 Å². The molecular weight excluding hydrogens is 378 g/mol. The first-order valence-corrected chi connectivity index (χ1v) is 10.6. The van der Waals surface area contributed by atoms with E-state index in [4.69, 9.17) is 16.3 Å². The Morgan fingerprint density at radius 1 is 1.15 bits per heavy atom. The van der Waals surface area contributed by atoms with Crippen LogP contribution in [0.15, 0.2) is 36.4 Å². The van der Waals surface area contributed by atoms with Crippen LogP contribution in [0.1, 0.15) is 55.0 Å². The van der Waals surface area contributed by atoms with Crippen molar-refractivity contribution in [2.75, 3.05) is 12.9 Å². The molecule has 2 rings (SSSR count). The van der Waals surface area contributed by atoms with Gasteiger partial charge in [0.25, 0.3) is 0 Å². The number of thioether (sulfide) groups is 1. The molecule has 146 valence electrons. The molecule has 27 heavy (non-hydrogen) atoms. The van der Waals surface area contributed by atoms with Gasteiger partial charge in [0.2, 0.25) is 5.91 Å². The van der Waals surface area contributed by atoms with Gasteiger partial charge in [-0.3, -0.25) is 4.79 Å². The molecule has 0 aliphatic heterocycles. The minimum Gasteiger partial charge on any atom is -0.496 e. The summed E-state index contributed by atoms with van der Waals surface area (Å²) in [5.74, 6) is 2.53. The Hall–Kier alpha value is -1.65. The number of ether oxygens (including phenoxy) is 1. The molecule has 2 aromatic rings. The van der Waals surface area contributed by atoms with Crippen molar-refractivity contribution in [2.24, 2.45) is 0 Å². The lowest BCUT2D eigenvalue weighted by Crippen LogP contribution is -2.28. The molecule has 1 amide bonds. The maximum atomic E-state index is 12.3. The first-order valence-electron chi connectivity index (χ1n) is 9.11. The van der Waals surface area contributed by atoms with Crippen LogP contribution in [0, 0.1) is 6.92 Å². The van der Waals surface area contributed by atoms with Gasteiger partial charge < -0.3 is 10.1 Å². The fraction of sp³-hybridized carbons (Fsp3) is 0.409. The first-order chi connectivity index (χ1) is 12.8. The molecule has 0 saturated carbocycles. The molecule has 0 aromatic heterocycles. The molecule has 0 aliphatic carbocycles. The van der Waals surface area contributed by atoms with Crippen LogP contribution < -0.4 is 10.1 Å². The number of rotatable bonds is 8. The van der Waals surface area contributed by atoms with E-state index in [1.165, 1.54) is 0 Å². The zero-order valence-corrected chi connectivity index (χ0v) is 18.2. The van der Waals surface area contributed by atoms with Crippen molar-refractivity contribution in [3.8, 4) is 5.75 Å². The lowest BCUT2D eigenvalue weighted by Gasteiger charge is -2.21. The van der Waals surface area contributed by atoms with Crippen LogP contribution in [0.25, 0.3) is 0 Å². The number of nitrogens with one attached hydrogen (secondary N) is 1. The number of hydrogen-bond acceptors (Lipinski definition) is 3. The van der Waals surface area contributed by atoms with E-state index in [2.05, 4.69) is 38.2 Å². The van der Waals surface area contributed by atoms with Crippen LogP contribution >= 0.6 is 23.4 Å². The second-order valence-corrected chi connectivity index (χ2v) is 8.44. The molecule has 1 N–H and O–H groups in total. The summed E-state index contributed by atoms with van der Waals surface area (Å²) in [6, 6.07) is 11.9. The predicted octanol–water partition coefficient (Wildman–Crippen LogP) is 5.89. The Morgan fingerprint density at radius 3 is 2.41 bits per heavy atom. The highest BCUT2D eigenvalue weighted by Crippen LogP contribution is 2.32.